The topological polar surface area (TPSA) is 142 Å². The van der Waals surface area contributed by atoms with E-state index >= 15 is 0 Å². The van der Waals surface area contributed by atoms with Crippen molar-refractivity contribution in [2.75, 3.05) is 12.8 Å². The number of benzene rings is 1. The Hall–Kier alpha value is -3.67. The van der Waals surface area contributed by atoms with E-state index in [1.807, 2.05) is 0 Å². The van der Waals surface area contributed by atoms with Crippen molar-refractivity contribution >= 4 is 17.9 Å². The van der Waals surface area contributed by atoms with Crippen molar-refractivity contribution in [1.82, 2.24) is 30.7 Å². The summed E-state index contributed by atoms with van der Waals surface area (Å²) in [6.45, 7) is 0.481. The second-order valence-electron chi connectivity index (χ2n) is 7.88. The maximum atomic E-state index is 13.0. The summed E-state index contributed by atoms with van der Waals surface area (Å²) in [6.07, 6.45) is 7.33. The summed E-state index contributed by atoms with van der Waals surface area (Å²) in [5.74, 6) is -0.653. The van der Waals surface area contributed by atoms with E-state index in [9.17, 15) is 9.18 Å². The van der Waals surface area contributed by atoms with E-state index in [0.717, 1.165) is 12.8 Å². The van der Waals surface area contributed by atoms with Crippen LogP contribution in [0, 0.1) is 5.82 Å². The minimum atomic E-state index is -0.531. The molecule has 1 fully saturated rings. The molecule has 2 aromatic heterocycles. The van der Waals surface area contributed by atoms with Gasteiger partial charge in [0.05, 0.1) is 19.3 Å². The molecule has 1 aromatic carbocycles. The average molecular weight is 442 g/mol. The molecular weight excluding hydrogens is 417 g/mol. The molecule has 32 heavy (non-hydrogen) atoms. The van der Waals surface area contributed by atoms with E-state index in [0.29, 0.717) is 23.8 Å². The largest absolute Gasteiger partial charge is 0.378 e. The number of nitrogen functional groups attached to an aromatic ring is 1. The molecule has 11 nitrogen and oxygen atoms in total. The summed E-state index contributed by atoms with van der Waals surface area (Å²) in [4.78, 5) is 14.1. The molecule has 1 unspecified atom stereocenters. The molecule has 0 aliphatic heterocycles. The van der Waals surface area contributed by atoms with E-state index < -0.39 is 5.91 Å². The molecule has 2 heterocycles. The zero-order chi connectivity index (χ0) is 22.5. The van der Waals surface area contributed by atoms with Crippen LogP contribution in [0.5, 0.6) is 0 Å². The van der Waals surface area contributed by atoms with Crippen LogP contribution >= 0.6 is 0 Å². The van der Waals surface area contributed by atoms with Crippen molar-refractivity contribution in [3.8, 4) is 5.82 Å². The first-order valence-electron chi connectivity index (χ1n) is 10.5. The van der Waals surface area contributed by atoms with Gasteiger partial charge >= 0.3 is 0 Å². The molecule has 3 aromatic rings. The van der Waals surface area contributed by atoms with Crippen LogP contribution < -0.4 is 16.1 Å². The van der Waals surface area contributed by atoms with Crippen LogP contribution in [-0.4, -0.2) is 50.5 Å². The lowest BCUT2D eigenvalue weighted by Gasteiger charge is -2.28. The highest BCUT2D eigenvalue weighted by atomic mass is 19.1. The second kappa shape index (κ2) is 9.64. The monoisotopic (exact) mass is 442 g/mol. The Kier molecular flexibility index (Phi) is 6.50. The standard InChI is InChI=1S/C20H24FN9O2/c1-29(15-5-3-2-4-6-15)12-16-17(24-28-30(16)19-18(22)26-32-27-19)20(31)25-23-11-13-7-9-14(21)10-8-13/h7-11,15H,2-6,12H2,1H3,(H2,22,26)(H,25,31)/p+1/b23-11-. The number of nitrogens with zero attached hydrogens (tertiary/aromatic N) is 6. The van der Waals surface area contributed by atoms with Gasteiger partial charge in [-0.15, -0.1) is 5.10 Å². The SMILES string of the molecule is C[NH+](Cc1c(C(=O)N/N=C\c2ccc(F)cc2)nnn1-c1nonc1N)C1CCCCC1. The number of hydrogen-bond donors (Lipinski definition) is 3. The highest BCUT2D eigenvalue weighted by Crippen LogP contribution is 2.18. The lowest BCUT2D eigenvalue weighted by molar-refractivity contribution is -0.921. The number of halogens is 1. The van der Waals surface area contributed by atoms with Crippen LogP contribution in [0.1, 0.15) is 53.8 Å². The van der Waals surface area contributed by atoms with Gasteiger partial charge in [0.25, 0.3) is 5.91 Å². The number of hydrazone groups is 1. The predicted molar refractivity (Wildman–Crippen MR) is 113 cm³/mol. The first-order chi connectivity index (χ1) is 15.5. The fraction of sp³-hybridized carbons (Fsp3) is 0.400. The smallest absolute Gasteiger partial charge is 0.294 e. The van der Waals surface area contributed by atoms with Crippen LogP contribution in [0.25, 0.3) is 5.82 Å². The number of hydrogen-bond acceptors (Lipinski definition) is 8. The van der Waals surface area contributed by atoms with Gasteiger partial charge in [-0.05, 0) is 53.7 Å². The van der Waals surface area contributed by atoms with Crippen molar-refractivity contribution < 1.29 is 18.7 Å². The Bertz CT molecular complexity index is 1090. The van der Waals surface area contributed by atoms with E-state index in [1.54, 1.807) is 12.1 Å². The third-order valence-corrected chi connectivity index (χ3v) is 5.67. The number of carbonyl (C=O) groups excluding carboxylic acids is 1. The van der Waals surface area contributed by atoms with Crippen molar-refractivity contribution in [3.05, 3.63) is 47.0 Å². The summed E-state index contributed by atoms with van der Waals surface area (Å²) < 4.78 is 19.1. The minimum absolute atomic E-state index is 0.0489. The van der Waals surface area contributed by atoms with Gasteiger partial charge in [-0.2, -0.15) is 9.78 Å². The number of amides is 1. The Morgan fingerprint density at radius 2 is 2.06 bits per heavy atom. The number of quaternary nitrogens is 1. The molecular formula is C20H25FN9O2+. The van der Waals surface area contributed by atoms with Gasteiger partial charge in [0.15, 0.2) is 5.69 Å². The Labute approximate surface area is 183 Å². The van der Waals surface area contributed by atoms with Gasteiger partial charge in [0, 0.05) is 0 Å². The fourth-order valence-corrected chi connectivity index (χ4v) is 3.92. The maximum Gasteiger partial charge on any atom is 0.294 e. The molecule has 0 spiro atoms. The van der Waals surface area contributed by atoms with Crippen molar-refractivity contribution in [3.63, 3.8) is 0 Å². The van der Waals surface area contributed by atoms with E-state index in [4.69, 9.17) is 10.4 Å². The first kappa shape index (κ1) is 21.6. The van der Waals surface area contributed by atoms with Crippen molar-refractivity contribution in [2.45, 2.75) is 44.7 Å². The maximum absolute atomic E-state index is 13.0. The number of anilines is 1. The summed E-state index contributed by atoms with van der Waals surface area (Å²) in [5.41, 5.74) is 9.57. The van der Waals surface area contributed by atoms with Crippen LogP contribution in [0.2, 0.25) is 0 Å². The predicted octanol–water partition coefficient (Wildman–Crippen LogP) is 0.483. The Morgan fingerprint density at radius 3 is 2.75 bits per heavy atom. The summed E-state index contributed by atoms with van der Waals surface area (Å²) in [5, 5.41) is 19.5. The highest BCUT2D eigenvalue weighted by Gasteiger charge is 2.29. The molecule has 168 valence electrons. The molecule has 1 saturated carbocycles. The van der Waals surface area contributed by atoms with Gasteiger partial charge in [-0.1, -0.05) is 23.8 Å². The number of rotatable bonds is 7. The normalized spacial score (nSPS) is 15.8. The number of nitrogens with two attached hydrogens (primary N) is 1. The van der Waals surface area contributed by atoms with Gasteiger partial charge in [0.1, 0.15) is 18.1 Å². The van der Waals surface area contributed by atoms with E-state index in [1.165, 1.54) is 47.2 Å². The van der Waals surface area contributed by atoms with Crippen LogP contribution in [0.4, 0.5) is 10.2 Å². The third kappa shape index (κ3) is 4.80. The van der Waals surface area contributed by atoms with E-state index in [2.05, 4.69) is 38.2 Å². The van der Waals surface area contributed by atoms with Crippen molar-refractivity contribution in [1.29, 1.82) is 0 Å². The minimum Gasteiger partial charge on any atom is -0.378 e. The Morgan fingerprint density at radius 1 is 1.31 bits per heavy atom. The number of nitrogens with one attached hydrogen (secondary N) is 2. The molecule has 0 radical (unpaired) electrons. The first-order valence-corrected chi connectivity index (χ1v) is 10.5. The molecule has 1 aliphatic rings. The van der Waals surface area contributed by atoms with Gasteiger partial charge in [0.2, 0.25) is 11.6 Å². The van der Waals surface area contributed by atoms with E-state index in [-0.39, 0.29) is 23.1 Å². The molecule has 1 amide bonds. The zero-order valence-corrected chi connectivity index (χ0v) is 17.7. The number of aromatic nitrogens is 5. The third-order valence-electron chi connectivity index (χ3n) is 5.67. The molecule has 4 rings (SSSR count). The average Bonchev–Trinajstić information content (AvgIpc) is 3.41. The molecule has 12 heteroatoms. The number of carbonyl (C=O) groups is 1. The molecule has 4 N–H and O–H groups in total. The van der Waals surface area contributed by atoms with Crippen molar-refractivity contribution in [2.24, 2.45) is 5.10 Å². The van der Waals surface area contributed by atoms with Gasteiger partial charge in [-0.25, -0.2) is 14.4 Å². The lowest BCUT2D eigenvalue weighted by Crippen LogP contribution is -3.11. The van der Waals surface area contributed by atoms with Crippen LogP contribution in [-0.2, 0) is 6.54 Å². The van der Waals surface area contributed by atoms with Crippen LogP contribution in [0.15, 0.2) is 34.0 Å². The van der Waals surface area contributed by atoms with Gasteiger partial charge < -0.3 is 10.6 Å². The molecule has 1 aliphatic carbocycles. The van der Waals surface area contributed by atoms with Crippen LogP contribution in [0.3, 0.4) is 0 Å². The fourth-order valence-electron chi connectivity index (χ4n) is 3.92. The van der Waals surface area contributed by atoms with Gasteiger partial charge in [-0.3, -0.25) is 4.79 Å². The molecule has 0 bridgehead atoms. The summed E-state index contributed by atoms with van der Waals surface area (Å²) in [7, 11) is 2.09. The summed E-state index contributed by atoms with van der Waals surface area (Å²) >= 11 is 0. The lowest BCUT2D eigenvalue weighted by atomic mass is 9.94. The molecule has 0 saturated heterocycles. The highest BCUT2D eigenvalue weighted by molar-refractivity contribution is 5.94. The quantitative estimate of drug-likeness (QED) is 0.357. The molecule has 1 atom stereocenters. The summed E-state index contributed by atoms with van der Waals surface area (Å²) in [6, 6.07) is 6.21. The second-order valence-corrected chi connectivity index (χ2v) is 7.88. The Balaban J connectivity index is 1.56. The zero-order valence-electron chi connectivity index (χ0n) is 17.7.